The van der Waals surface area contributed by atoms with Crippen molar-refractivity contribution in [3.8, 4) is 0 Å². The maximum atomic E-state index is 12.6. The highest BCUT2D eigenvalue weighted by Crippen LogP contribution is 2.30. The molecule has 0 radical (unpaired) electrons. The summed E-state index contributed by atoms with van der Waals surface area (Å²) in [5, 5.41) is 3.35. The van der Waals surface area contributed by atoms with E-state index in [1.54, 1.807) is 36.7 Å². The van der Waals surface area contributed by atoms with Crippen molar-refractivity contribution >= 4 is 11.6 Å². The Balaban J connectivity index is 2.09. The third-order valence-corrected chi connectivity index (χ3v) is 3.03. The van der Waals surface area contributed by atoms with Crippen LogP contribution in [-0.4, -0.2) is 16.1 Å². The number of rotatable bonds is 5. The quantitative estimate of drug-likeness (QED) is 0.881. The van der Waals surface area contributed by atoms with E-state index < -0.39 is 18.6 Å². The Morgan fingerprint density at radius 3 is 2.50 bits per heavy atom. The van der Waals surface area contributed by atoms with Gasteiger partial charge in [0.25, 0.3) is 0 Å². The molecule has 0 saturated carbocycles. The molecule has 0 spiro atoms. The number of aromatic amines is 1. The molecule has 1 aromatic heterocycles. The van der Waals surface area contributed by atoms with Crippen molar-refractivity contribution in [3.63, 3.8) is 0 Å². The number of benzene rings is 1. The molecule has 7 heteroatoms. The normalized spacial score (nSPS) is 13.4. The maximum absolute atomic E-state index is 12.6. The monoisotopic (exact) mass is 303 g/mol. The molecule has 3 nitrogen and oxygen atoms in total. The molecule has 20 heavy (non-hydrogen) atoms. The molecular formula is C13H13ClF3N3. The van der Waals surface area contributed by atoms with Gasteiger partial charge in [-0.3, -0.25) is 0 Å². The van der Waals surface area contributed by atoms with Crippen molar-refractivity contribution in [1.29, 1.82) is 0 Å². The van der Waals surface area contributed by atoms with Gasteiger partial charge in [0.2, 0.25) is 0 Å². The van der Waals surface area contributed by atoms with Crippen molar-refractivity contribution in [2.75, 3.05) is 0 Å². The van der Waals surface area contributed by atoms with Crippen LogP contribution >= 0.6 is 11.6 Å². The summed E-state index contributed by atoms with van der Waals surface area (Å²) < 4.78 is 37.9. The van der Waals surface area contributed by atoms with E-state index in [0.717, 1.165) is 0 Å². The van der Waals surface area contributed by atoms with Gasteiger partial charge in [-0.05, 0) is 17.7 Å². The Kier molecular flexibility index (Phi) is 4.67. The molecule has 0 fully saturated rings. The Morgan fingerprint density at radius 2 is 1.95 bits per heavy atom. The second kappa shape index (κ2) is 6.28. The molecule has 0 amide bonds. The molecule has 2 N–H and O–H groups in total. The number of aromatic nitrogens is 2. The molecule has 2 aromatic rings. The first kappa shape index (κ1) is 14.9. The van der Waals surface area contributed by atoms with Crippen LogP contribution in [0.3, 0.4) is 0 Å². The minimum Gasteiger partial charge on any atom is -0.348 e. The van der Waals surface area contributed by atoms with Gasteiger partial charge in [0.15, 0.2) is 0 Å². The lowest BCUT2D eigenvalue weighted by Gasteiger charge is -2.20. The van der Waals surface area contributed by atoms with Crippen molar-refractivity contribution in [3.05, 3.63) is 53.1 Å². The van der Waals surface area contributed by atoms with Gasteiger partial charge in [-0.2, -0.15) is 13.2 Å². The summed E-state index contributed by atoms with van der Waals surface area (Å²) >= 11 is 5.75. The van der Waals surface area contributed by atoms with Crippen LogP contribution in [0.5, 0.6) is 0 Å². The van der Waals surface area contributed by atoms with Crippen LogP contribution in [0.4, 0.5) is 13.2 Å². The summed E-state index contributed by atoms with van der Waals surface area (Å²) in [4.78, 5) is 6.81. The predicted molar refractivity (Wildman–Crippen MR) is 70.3 cm³/mol. The van der Waals surface area contributed by atoms with Gasteiger partial charge in [-0.1, -0.05) is 23.7 Å². The van der Waals surface area contributed by atoms with E-state index in [-0.39, 0.29) is 6.54 Å². The summed E-state index contributed by atoms with van der Waals surface area (Å²) in [5.74, 6) is 0.589. The van der Waals surface area contributed by atoms with Crippen LogP contribution in [0.1, 0.15) is 23.9 Å². The third kappa shape index (κ3) is 4.54. The van der Waals surface area contributed by atoms with Gasteiger partial charge >= 0.3 is 6.18 Å². The van der Waals surface area contributed by atoms with Crippen molar-refractivity contribution < 1.29 is 13.2 Å². The molecule has 0 aliphatic heterocycles. The van der Waals surface area contributed by atoms with E-state index >= 15 is 0 Å². The molecule has 1 heterocycles. The second-order valence-corrected chi connectivity index (χ2v) is 4.78. The van der Waals surface area contributed by atoms with E-state index in [1.165, 1.54) is 0 Å². The fourth-order valence-electron chi connectivity index (χ4n) is 1.85. The van der Waals surface area contributed by atoms with E-state index in [2.05, 4.69) is 15.3 Å². The van der Waals surface area contributed by atoms with E-state index in [9.17, 15) is 13.2 Å². The van der Waals surface area contributed by atoms with Crippen LogP contribution in [0.25, 0.3) is 0 Å². The van der Waals surface area contributed by atoms with E-state index in [1.807, 2.05) is 0 Å². The van der Waals surface area contributed by atoms with Gasteiger partial charge in [0.05, 0.1) is 13.0 Å². The minimum atomic E-state index is -4.25. The zero-order valence-electron chi connectivity index (χ0n) is 10.4. The number of imidazole rings is 1. The summed E-state index contributed by atoms with van der Waals surface area (Å²) in [6.07, 6.45) is -2.02. The van der Waals surface area contributed by atoms with Crippen LogP contribution in [-0.2, 0) is 6.54 Å². The topological polar surface area (TPSA) is 40.7 Å². The van der Waals surface area contributed by atoms with Crippen molar-refractivity contribution in [2.24, 2.45) is 0 Å². The highest BCUT2D eigenvalue weighted by Gasteiger charge is 2.32. The lowest BCUT2D eigenvalue weighted by molar-refractivity contribution is -0.140. The van der Waals surface area contributed by atoms with Crippen LogP contribution in [0.15, 0.2) is 36.7 Å². The second-order valence-electron chi connectivity index (χ2n) is 4.34. The number of hydrogen-bond acceptors (Lipinski definition) is 2. The Labute approximate surface area is 119 Å². The van der Waals surface area contributed by atoms with Gasteiger partial charge < -0.3 is 10.3 Å². The van der Waals surface area contributed by atoms with Gasteiger partial charge in [0.1, 0.15) is 5.82 Å². The summed E-state index contributed by atoms with van der Waals surface area (Å²) in [7, 11) is 0. The number of nitrogens with zero attached hydrogens (tertiary/aromatic N) is 1. The standard InChI is InChI=1S/C13H13ClF3N3/c14-10-3-1-9(2-4-10)11(7-13(15,16)17)20-8-12-18-5-6-19-12/h1-6,11,20H,7-8H2,(H,18,19)/t11-/m1/s1. The SMILES string of the molecule is FC(F)(F)C[C@@H](NCc1ncc[nH]1)c1ccc(Cl)cc1. The first-order valence-electron chi connectivity index (χ1n) is 5.98. The third-order valence-electron chi connectivity index (χ3n) is 2.78. The summed E-state index contributed by atoms with van der Waals surface area (Å²) in [6, 6.07) is 5.50. The predicted octanol–water partition coefficient (Wildman–Crippen LogP) is 3.85. The van der Waals surface area contributed by atoms with E-state index in [4.69, 9.17) is 11.6 Å². The first-order valence-corrected chi connectivity index (χ1v) is 6.36. The number of H-pyrrole nitrogens is 1. The van der Waals surface area contributed by atoms with E-state index in [0.29, 0.717) is 16.4 Å². The Hall–Kier alpha value is -1.53. The van der Waals surface area contributed by atoms with Gasteiger partial charge in [-0.25, -0.2) is 4.98 Å². The van der Waals surface area contributed by atoms with Crippen molar-refractivity contribution in [1.82, 2.24) is 15.3 Å². The zero-order valence-corrected chi connectivity index (χ0v) is 11.2. The smallest absolute Gasteiger partial charge is 0.348 e. The average molecular weight is 304 g/mol. The average Bonchev–Trinajstić information content (AvgIpc) is 2.87. The van der Waals surface area contributed by atoms with Crippen LogP contribution in [0.2, 0.25) is 5.02 Å². The number of halogens is 4. The fourth-order valence-corrected chi connectivity index (χ4v) is 1.97. The Morgan fingerprint density at radius 1 is 1.25 bits per heavy atom. The number of alkyl halides is 3. The number of nitrogens with one attached hydrogen (secondary N) is 2. The highest BCUT2D eigenvalue weighted by molar-refractivity contribution is 6.30. The fraction of sp³-hybridized carbons (Fsp3) is 0.308. The van der Waals surface area contributed by atoms with Gasteiger partial charge in [0, 0.05) is 23.5 Å². The molecule has 0 unspecified atom stereocenters. The highest BCUT2D eigenvalue weighted by atomic mass is 35.5. The molecule has 1 atom stereocenters. The molecule has 1 aromatic carbocycles. The largest absolute Gasteiger partial charge is 0.390 e. The van der Waals surface area contributed by atoms with Crippen molar-refractivity contribution in [2.45, 2.75) is 25.2 Å². The van der Waals surface area contributed by atoms with Crippen LogP contribution in [0, 0.1) is 0 Å². The zero-order chi connectivity index (χ0) is 14.6. The molecule has 108 valence electrons. The maximum Gasteiger partial charge on any atom is 0.390 e. The molecule has 2 rings (SSSR count). The molecular weight excluding hydrogens is 291 g/mol. The summed E-state index contributed by atoms with van der Waals surface area (Å²) in [5.41, 5.74) is 0.540. The molecule has 0 aliphatic rings. The lowest BCUT2D eigenvalue weighted by Crippen LogP contribution is -2.26. The van der Waals surface area contributed by atoms with Gasteiger partial charge in [-0.15, -0.1) is 0 Å². The molecule has 0 bridgehead atoms. The molecule has 0 aliphatic carbocycles. The number of hydrogen-bond donors (Lipinski definition) is 2. The summed E-state index contributed by atoms with van der Waals surface area (Å²) in [6.45, 7) is 0.233. The molecule has 0 saturated heterocycles. The van der Waals surface area contributed by atoms with Crippen LogP contribution < -0.4 is 5.32 Å². The first-order chi connectivity index (χ1) is 9.44. The Bertz CT molecular complexity index is 523. The lowest BCUT2D eigenvalue weighted by atomic mass is 10.0. The minimum absolute atomic E-state index is 0.233.